The molecule has 128 valence electrons. The zero-order valence-corrected chi connectivity index (χ0v) is 14.1. The summed E-state index contributed by atoms with van der Waals surface area (Å²) in [6.45, 7) is -0.104. The van der Waals surface area contributed by atoms with Gasteiger partial charge in [-0.25, -0.2) is 0 Å². The summed E-state index contributed by atoms with van der Waals surface area (Å²) in [6, 6.07) is 22.2. The summed E-state index contributed by atoms with van der Waals surface area (Å²) >= 11 is 0. The van der Waals surface area contributed by atoms with Gasteiger partial charge in [-0.3, -0.25) is 4.79 Å². The van der Waals surface area contributed by atoms with E-state index in [0.717, 1.165) is 16.7 Å². The Kier molecular flexibility index (Phi) is 5.43. The summed E-state index contributed by atoms with van der Waals surface area (Å²) in [4.78, 5) is 11.2. The maximum absolute atomic E-state index is 11.2. The van der Waals surface area contributed by atoms with Crippen LogP contribution < -0.4 is 4.74 Å². The monoisotopic (exact) mass is 343 g/mol. The first-order chi connectivity index (χ1) is 12.7. The van der Waals surface area contributed by atoms with E-state index in [2.05, 4.69) is 0 Å². The van der Waals surface area contributed by atoms with Gasteiger partial charge in [-0.15, -0.1) is 0 Å². The van der Waals surface area contributed by atoms with Crippen LogP contribution in [0.2, 0.25) is 0 Å². The second-order valence-corrected chi connectivity index (χ2v) is 5.84. The van der Waals surface area contributed by atoms with Crippen molar-refractivity contribution in [3.05, 3.63) is 94.5 Å². The molecular formula is C22H17NO3. The third-order valence-corrected chi connectivity index (χ3v) is 4.08. The fourth-order valence-electron chi connectivity index (χ4n) is 2.73. The summed E-state index contributed by atoms with van der Waals surface area (Å²) in [7, 11) is 0. The van der Waals surface area contributed by atoms with E-state index in [-0.39, 0.29) is 6.61 Å². The molecule has 0 aliphatic carbocycles. The lowest BCUT2D eigenvalue weighted by atomic mass is 10.00. The van der Waals surface area contributed by atoms with Crippen molar-refractivity contribution in [2.24, 2.45) is 0 Å². The molecule has 4 heteroatoms. The van der Waals surface area contributed by atoms with Crippen LogP contribution in [0.5, 0.6) is 11.5 Å². The first kappa shape index (κ1) is 17.4. The quantitative estimate of drug-likeness (QED) is 0.679. The maximum Gasteiger partial charge on any atom is 0.153 e. The molecule has 26 heavy (non-hydrogen) atoms. The molecule has 0 unspecified atom stereocenters. The average molecular weight is 343 g/mol. The van der Waals surface area contributed by atoms with Gasteiger partial charge in [-0.05, 0) is 53.4 Å². The van der Waals surface area contributed by atoms with E-state index in [0.29, 0.717) is 35.3 Å². The molecule has 0 bridgehead atoms. The zero-order valence-electron chi connectivity index (χ0n) is 14.1. The number of benzene rings is 3. The molecule has 3 rings (SSSR count). The first-order valence-corrected chi connectivity index (χ1v) is 8.17. The number of hydrogen-bond acceptors (Lipinski definition) is 4. The number of carbonyl (C=O) groups excluding carboxylic acids is 1. The highest BCUT2D eigenvalue weighted by molar-refractivity contribution is 5.80. The van der Waals surface area contributed by atoms with Crippen molar-refractivity contribution in [2.75, 3.05) is 0 Å². The van der Waals surface area contributed by atoms with Crippen molar-refractivity contribution in [3.8, 4) is 17.6 Å². The number of aliphatic hydroxyl groups excluding tert-OH is 1. The van der Waals surface area contributed by atoms with E-state index in [4.69, 9.17) is 10.00 Å². The van der Waals surface area contributed by atoms with Crippen molar-refractivity contribution >= 4 is 6.29 Å². The number of carbonyl (C=O) groups is 1. The Morgan fingerprint density at radius 2 is 1.81 bits per heavy atom. The van der Waals surface area contributed by atoms with Gasteiger partial charge in [0.25, 0.3) is 0 Å². The highest BCUT2D eigenvalue weighted by Gasteiger charge is 2.09. The number of nitriles is 1. The molecule has 0 fully saturated rings. The van der Waals surface area contributed by atoms with Crippen LogP contribution in [-0.2, 0) is 13.0 Å². The largest absolute Gasteiger partial charge is 0.457 e. The molecule has 0 saturated heterocycles. The Bertz CT molecular complexity index is 959. The minimum Gasteiger partial charge on any atom is -0.457 e. The fourth-order valence-corrected chi connectivity index (χ4v) is 2.73. The van der Waals surface area contributed by atoms with Gasteiger partial charge in [0, 0.05) is 0 Å². The second kappa shape index (κ2) is 8.11. The van der Waals surface area contributed by atoms with Crippen LogP contribution in [0, 0.1) is 11.3 Å². The predicted octanol–water partition coefficient (Wildman–Crippen LogP) is 4.25. The van der Waals surface area contributed by atoms with Crippen LogP contribution in [0.1, 0.15) is 32.6 Å². The van der Waals surface area contributed by atoms with Crippen LogP contribution in [0.3, 0.4) is 0 Å². The molecule has 0 aliphatic heterocycles. The standard InChI is InChI=1S/C22H17NO3/c23-13-17-6-9-22(20(11-17)15-25)26-21-8-7-18(19(12-21)14-24)10-16-4-2-1-3-5-16/h1-9,11-12,15,24H,10,14H2. The summed E-state index contributed by atoms with van der Waals surface area (Å²) in [5.74, 6) is 0.900. The number of rotatable bonds is 6. The molecule has 0 aromatic heterocycles. The molecule has 0 radical (unpaired) electrons. The Hall–Kier alpha value is -3.42. The van der Waals surface area contributed by atoms with Gasteiger partial charge in [0.15, 0.2) is 6.29 Å². The van der Waals surface area contributed by atoms with Crippen LogP contribution in [-0.4, -0.2) is 11.4 Å². The summed E-state index contributed by atoms with van der Waals surface area (Å²) in [5.41, 5.74) is 3.65. The lowest BCUT2D eigenvalue weighted by molar-refractivity contribution is 0.112. The predicted molar refractivity (Wildman–Crippen MR) is 98.2 cm³/mol. The highest BCUT2D eigenvalue weighted by atomic mass is 16.5. The van der Waals surface area contributed by atoms with Gasteiger partial charge in [-0.2, -0.15) is 5.26 Å². The molecular weight excluding hydrogens is 326 g/mol. The number of hydrogen-bond donors (Lipinski definition) is 1. The average Bonchev–Trinajstić information content (AvgIpc) is 2.70. The number of nitrogens with zero attached hydrogens (tertiary/aromatic N) is 1. The van der Waals surface area contributed by atoms with Crippen LogP contribution in [0.15, 0.2) is 66.7 Å². The Labute approximate surface area is 151 Å². The summed E-state index contributed by atoms with van der Waals surface area (Å²) < 4.78 is 5.80. The van der Waals surface area contributed by atoms with Gasteiger partial charge in [0.2, 0.25) is 0 Å². The SMILES string of the molecule is N#Cc1ccc(Oc2ccc(Cc3ccccc3)c(CO)c2)c(C=O)c1. The molecule has 3 aromatic rings. The molecule has 0 atom stereocenters. The van der Waals surface area contributed by atoms with E-state index in [9.17, 15) is 9.90 Å². The molecule has 0 amide bonds. The van der Waals surface area contributed by atoms with Crippen molar-refractivity contribution < 1.29 is 14.6 Å². The topological polar surface area (TPSA) is 70.3 Å². The van der Waals surface area contributed by atoms with Crippen molar-refractivity contribution in [3.63, 3.8) is 0 Å². The number of aldehydes is 1. The third kappa shape index (κ3) is 3.97. The molecule has 4 nitrogen and oxygen atoms in total. The van der Waals surface area contributed by atoms with Gasteiger partial charge >= 0.3 is 0 Å². The zero-order chi connectivity index (χ0) is 18.4. The number of ether oxygens (including phenoxy) is 1. The third-order valence-electron chi connectivity index (χ3n) is 4.08. The van der Waals surface area contributed by atoms with E-state index in [1.807, 2.05) is 48.5 Å². The van der Waals surface area contributed by atoms with Crippen molar-refractivity contribution in [2.45, 2.75) is 13.0 Å². The van der Waals surface area contributed by atoms with Crippen LogP contribution in [0.4, 0.5) is 0 Å². The molecule has 3 aromatic carbocycles. The molecule has 0 aliphatic rings. The Morgan fingerprint density at radius 1 is 1.00 bits per heavy atom. The molecule has 0 spiro atoms. The van der Waals surface area contributed by atoms with Gasteiger partial charge in [0.05, 0.1) is 23.8 Å². The molecule has 1 N–H and O–H groups in total. The fraction of sp³-hybridized carbons (Fsp3) is 0.0909. The normalized spacial score (nSPS) is 10.2. The van der Waals surface area contributed by atoms with Crippen LogP contribution >= 0.6 is 0 Å². The smallest absolute Gasteiger partial charge is 0.153 e. The van der Waals surface area contributed by atoms with Crippen molar-refractivity contribution in [1.82, 2.24) is 0 Å². The number of aliphatic hydroxyl groups is 1. The summed E-state index contributed by atoms with van der Waals surface area (Å²) in [5, 5.41) is 18.6. The minimum atomic E-state index is -0.104. The van der Waals surface area contributed by atoms with Crippen molar-refractivity contribution in [1.29, 1.82) is 5.26 Å². The van der Waals surface area contributed by atoms with Gasteiger partial charge < -0.3 is 9.84 Å². The Balaban J connectivity index is 1.86. The van der Waals surface area contributed by atoms with E-state index < -0.39 is 0 Å². The highest BCUT2D eigenvalue weighted by Crippen LogP contribution is 2.28. The first-order valence-electron chi connectivity index (χ1n) is 8.17. The summed E-state index contributed by atoms with van der Waals surface area (Å²) in [6.07, 6.45) is 1.38. The van der Waals surface area contributed by atoms with E-state index in [1.54, 1.807) is 18.2 Å². The molecule has 0 saturated carbocycles. The van der Waals surface area contributed by atoms with E-state index >= 15 is 0 Å². The van der Waals surface area contributed by atoms with E-state index in [1.165, 1.54) is 6.07 Å². The van der Waals surface area contributed by atoms with Crippen LogP contribution in [0.25, 0.3) is 0 Å². The lowest BCUT2D eigenvalue weighted by Gasteiger charge is -2.12. The lowest BCUT2D eigenvalue weighted by Crippen LogP contribution is -1.98. The van der Waals surface area contributed by atoms with Gasteiger partial charge in [-0.1, -0.05) is 36.4 Å². The Morgan fingerprint density at radius 3 is 2.50 bits per heavy atom. The minimum absolute atomic E-state index is 0.104. The second-order valence-electron chi connectivity index (χ2n) is 5.84. The maximum atomic E-state index is 11.2. The molecule has 0 heterocycles. The van der Waals surface area contributed by atoms with Gasteiger partial charge in [0.1, 0.15) is 11.5 Å².